The summed E-state index contributed by atoms with van der Waals surface area (Å²) < 4.78 is 0. The first kappa shape index (κ1) is 22.0. The fraction of sp³-hybridized carbons (Fsp3) is 0.700. The van der Waals surface area contributed by atoms with Crippen molar-refractivity contribution in [3.8, 4) is 0 Å². The molecule has 1 aromatic rings. The summed E-state index contributed by atoms with van der Waals surface area (Å²) in [6.45, 7) is 27.9. The van der Waals surface area contributed by atoms with Crippen LogP contribution in [0.25, 0.3) is 0 Å². The van der Waals surface area contributed by atoms with Gasteiger partial charge in [-0.25, -0.2) is 0 Å². The highest BCUT2D eigenvalue weighted by molar-refractivity contribution is 7.89. The van der Waals surface area contributed by atoms with Crippen LogP contribution < -0.4 is 10.6 Å². The Morgan fingerprint density at radius 1 is 0.885 bits per heavy atom. The zero-order chi connectivity index (χ0) is 20.1. The second-order valence-electron chi connectivity index (χ2n) is 11.5. The molecule has 148 valence electrons. The van der Waals surface area contributed by atoms with E-state index in [0.29, 0.717) is 0 Å². The molecule has 2 N–H and O–H groups in total. The number of rotatable bonds is 5. The van der Waals surface area contributed by atoms with Crippen LogP contribution in [0.15, 0.2) is 18.2 Å². The Kier molecular flexibility index (Phi) is 5.86. The molecule has 1 fully saturated rings. The molecule has 1 aromatic carbocycles. The number of hydrogen-bond donors (Lipinski definition) is 1. The molecule has 6 heteroatoms. The molecule has 1 aliphatic rings. The van der Waals surface area contributed by atoms with Gasteiger partial charge < -0.3 is 10.6 Å². The van der Waals surface area contributed by atoms with Gasteiger partial charge in [-0.15, -0.1) is 0 Å². The molecule has 0 bridgehead atoms. The van der Waals surface area contributed by atoms with Gasteiger partial charge in [0.05, 0.1) is 0 Å². The fourth-order valence-corrected chi connectivity index (χ4v) is 113. The molecule has 0 radical (unpaired) electrons. The van der Waals surface area contributed by atoms with Crippen LogP contribution in [-0.4, -0.2) is 42.5 Å². The molecule has 1 heterocycles. The van der Waals surface area contributed by atoms with Crippen molar-refractivity contribution in [3.05, 3.63) is 23.8 Å². The van der Waals surface area contributed by atoms with E-state index in [0.717, 1.165) is 11.2 Å². The summed E-state index contributed by atoms with van der Waals surface area (Å²) in [6.07, 6.45) is 1.43. The van der Waals surface area contributed by atoms with Crippen LogP contribution in [0.3, 0.4) is 0 Å². The summed E-state index contributed by atoms with van der Waals surface area (Å²) in [4.78, 5) is 2.68. The minimum Gasteiger partial charge on any atom is -0.399 e. The van der Waals surface area contributed by atoms with Crippen LogP contribution >= 0.6 is 0 Å². The summed E-state index contributed by atoms with van der Waals surface area (Å²) >= 11 is 0. The van der Waals surface area contributed by atoms with Gasteiger partial charge in [0.15, 0.2) is 0 Å². The smallest absolute Gasteiger partial charge is 0.0427 e. The van der Waals surface area contributed by atoms with E-state index in [1.54, 1.807) is 0 Å². The third-order valence-corrected chi connectivity index (χ3v) is 81.2. The van der Waals surface area contributed by atoms with Gasteiger partial charge in [-0.2, -0.15) is 0 Å². The van der Waals surface area contributed by atoms with E-state index in [1.807, 2.05) is 0 Å². The lowest BCUT2D eigenvalue weighted by molar-refractivity contribution is 0.922. The molecule has 0 aromatic heterocycles. The van der Waals surface area contributed by atoms with Crippen molar-refractivity contribution >= 4 is 40.8 Å². The zero-order valence-corrected chi connectivity index (χ0v) is 23.0. The van der Waals surface area contributed by atoms with E-state index in [1.165, 1.54) is 30.8 Å². The second-order valence-corrected chi connectivity index (χ2v) is 52.6. The predicted molar refractivity (Wildman–Crippen MR) is 132 cm³/mol. The highest BCUT2D eigenvalue weighted by Gasteiger charge is 2.65. The van der Waals surface area contributed by atoms with Crippen molar-refractivity contribution < 1.29 is 0 Å². The first-order chi connectivity index (χ1) is 11.6. The fourth-order valence-electron chi connectivity index (χ4n) is 7.42. The predicted octanol–water partition coefficient (Wildman–Crippen LogP) is 5.86. The Morgan fingerprint density at radius 2 is 1.38 bits per heavy atom. The summed E-state index contributed by atoms with van der Waals surface area (Å²) in [5, 5.41) is 0. The van der Waals surface area contributed by atoms with Gasteiger partial charge in [0.25, 0.3) is 0 Å². The van der Waals surface area contributed by atoms with Crippen molar-refractivity contribution in [2.75, 3.05) is 23.7 Å². The first-order valence-electron chi connectivity index (χ1n) is 10.2. The zero-order valence-electron chi connectivity index (χ0n) is 19.0. The van der Waals surface area contributed by atoms with Gasteiger partial charge in [-0.05, 0) is 42.6 Å². The maximum absolute atomic E-state index is 6.06. The summed E-state index contributed by atoms with van der Waals surface area (Å²) in [6, 6.07) is 6.64. The highest BCUT2D eigenvalue weighted by Crippen LogP contribution is 2.49. The molecule has 2 rings (SSSR count). The lowest BCUT2D eigenvalue weighted by Gasteiger charge is -2.60. The van der Waals surface area contributed by atoms with E-state index in [4.69, 9.17) is 5.73 Å². The van der Waals surface area contributed by atoms with E-state index in [9.17, 15) is 0 Å². The van der Waals surface area contributed by atoms with Crippen molar-refractivity contribution in [3.63, 3.8) is 0 Å². The number of nitrogens with two attached hydrogens (primary N) is 1. The van der Waals surface area contributed by atoms with E-state index in [2.05, 4.69) is 88.9 Å². The average Bonchev–Trinajstić information content (AvgIpc) is 2.86. The number of hydrogen-bond acceptors (Lipinski definition) is 2. The topological polar surface area (TPSA) is 29.3 Å². The number of nitrogens with zero attached hydrogens (tertiary/aromatic N) is 1. The molecule has 0 amide bonds. The van der Waals surface area contributed by atoms with Crippen LogP contribution in [0.5, 0.6) is 0 Å². The standard InChI is InChI=1S/C20H42N2Si4/c1-17-15-18(11-12-20(17)21)22-14-13-19(16-22)26(23(2,3)4,24(5,6)7)25(8,9)10/h11-12,15,19H,13-14,16,21H2,1-10H3. The monoisotopic (exact) mass is 422 g/mol. The molecule has 0 spiro atoms. The lowest BCUT2D eigenvalue weighted by Crippen LogP contribution is -2.84. The van der Waals surface area contributed by atoms with E-state index in [-0.39, 0.29) is 0 Å². The van der Waals surface area contributed by atoms with Crippen molar-refractivity contribution in [1.29, 1.82) is 0 Å². The molecule has 26 heavy (non-hydrogen) atoms. The highest BCUT2D eigenvalue weighted by atomic mass is 29.9. The largest absolute Gasteiger partial charge is 0.399 e. The second kappa shape index (κ2) is 6.94. The molecule has 0 aliphatic carbocycles. The minimum atomic E-state index is -1.32. The van der Waals surface area contributed by atoms with Crippen molar-refractivity contribution in [2.45, 2.75) is 77.8 Å². The molecule has 1 saturated heterocycles. The van der Waals surface area contributed by atoms with Crippen LogP contribution in [0, 0.1) is 6.92 Å². The van der Waals surface area contributed by atoms with Gasteiger partial charge in [0.1, 0.15) is 0 Å². The van der Waals surface area contributed by atoms with E-state index < -0.39 is 29.4 Å². The van der Waals surface area contributed by atoms with Crippen LogP contribution in [0.4, 0.5) is 11.4 Å². The average molecular weight is 423 g/mol. The molecule has 1 atom stereocenters. The SMILES string of the molecule is Cc1cc(N2CCC([Si]([Si](C)(C)C)([Si](C)(C)C)[Si](C)(C)C)C2)ccc1N. The van der Waals surface area contributed by atoms with Crippen molar-refractivity contribution in [2.24, 2.45) is 0 Å². The minimum absolute atomic E-state index is 0.916. The molecule has 1 unspecified atom stereocenters. The third-order valence-electron chi connectivity index (χ3n) is 6.97. The summed E-state index contributed by atoms with van der Waals surface area (Å²) in [5.41, 5.74) is 10.6. The van der Waals surface area contributed by atoms with Gasteiger partial charge in [0, 0.05) is 53.9 Å². The van der Waals surface area contributed by atoms with Crippen molar-refractivity contribution in [1.82, 2.24) is 0 Å². The first-order valence-corrected chi connectivity index (χ1v) is 25.8. The normalized spacial score (nSPS) is 19.9. The van der Waals surface area contributed by atoms with Gasteiger partial charge in [0.2, 0.25) is 0 Å². The van der Waals surface area contributed by atoms with Gasteiger partial charge >= 0.3 is 0 Å². The number of nitrogen functional groups attached to an aromatic ring is 1. The maximum atomic E-state index is 6.06. The molecular weight excluding hydrogens is 381 g/mol. The Morgan fingerprint density at radius 3 is 1.81 bits per heavy atom. The number of aryl methyl sites for hydroxylation is 1. The van der Waals surface area contributed by atoms with Gasteiger partial charge in [-0.3, -0.25) is 0 Å². The van der Waals surface area contributed by atoms with Crippen LogP contribution in [0.2, 0.25) is 64.5 Å². The van der Waals surface area contributed by atoms with Crippen LogP contribution in [-0.2, 0) is 0 Å². The Bertz CT molecular complexity index is 617. The summed E-state index contributed by atoms with van der Waals surface area (Å²) in [5.74, 6) is 0. The molecular formula is C20H42N2Si4. The Hall–Kier alpha value is -0.312. The molecule has 1 aliphatic heterocycles. The third kappa shape index (κ3) is 3.54. The van der Waals surface area contributed by atoms with Gasteiger partial charge in [-0.1, -0.05) is 58.9 Å². The number of benzene rings is 1. The Balaban J connectivity index is 2.47. The molecule has 0 saturated carbocycles. The summed E-state index contributed by atoms with van der Waals surface area (Å²) in [7, 11) is -3.62. The van der Waals surface area contributed by atoms with Crippen LogP contribution in [0.1, 0.15) is 12.0 Å². The quantitative estimate of drug-likeness (QED) is 0.476. The Labute approximate surface area is 166 Å². The molecule has 2 nitrogen and oxygen atoms in total. The maximum Gasteiger partial charge on any atom is 0.0427 e. The van der Waals surface area contributed by atoms with E-state index >= 15 is 0 Å². The number of anilines is 2. The lowest BCUT2D eigenvalue weighted by atomic mass is 10.2.